The van der Waals surface area contributed by atoms with Crippen LogP contribution >= 0.6 is 27.3 Å². The van der Waals surface area contributed by atoms with E-state index >= 15 is 0 Å². The number of benzene rings is 1. The van der Waals surface area contributed by atoms with Gasteiger partial charge in [0, 0.05) is 22.1 Å². The summed E-state index contributed by atoms with van der Waals surface area (Å²) in [4.78, 5) is 12.2. The fourth-order valence-electron chi connectivity index (χ4n) is 2.39. The summed E-state index contributed by atoms with van der Waals surface area (Å²) in [5, 5.41) is 13.7. The number of hydrogen-bond acceptors (Lipinski definition) is 4. The Hall–Kier alpha value is -1.73. The van der Waals surface area contributed by atoms with Crippen molar-refractivity contribution in [3.05, 3.63) is 39.9 Å². The Labute approximate surface area is 139 Å². The van der Waals surface area contributed by atoms with E-state index < -0.39 is 0 Å². The smallest absolute Gasteiger partial charge is 0.246 e. The molecule has 0 saturated heterocycles. The fraction of sp³-hybridized carbons (Fsp3) is 0.267. The molecule has 2 heterocycles. The third-order valence-electron chi connectivity index (χ3n) is 3.66. The molecule has 1 amide bonds. The van der Waals surface area contributed by atoms with Gasteiger partial charge in [-0.05, 0) is 36.4 Å². The SMILES string of the molecule is O=C(Cn1ccc2ccc(Br)cc21)Nc1nnc(C2CC2)s1. The molecule has 112 valence electrons. The first-order chi connectivity index (χ1) is 10.7. The summed E-state index contributed by atoms with van der Waals surface area (Å²) in [7, 11) is 0. The van der Waals surface area contributed by atoms with E-state index in [-0.39, 0.29) is 12.5 Å². The van der Waals surface area contributed by atoms with E-state index in [9.17, 15) is 4.79 Å². The molecule has 4 rings (SSSR count). The van der Waals surface area contributed by atoms with E-state index in [0.29, 0.717) is 11.0 Å². The molecule has 0 aliphatic heterocycles. The minimum absolute atomic E-state index is 0.0871. The van der Waals surface area contributed by atoms with Crippen LogP contribution in [0.5, 0.6) is 0 Å². The second-order valence-electron chi connectivity index (χ2n) is 5.41. The van der Waals surface area contributed by atoms with E-state index in [1.54, 1.807) is 0 Å². The van der Waals surface area contributed by atoms with Crippen molar-refractivity contribution in [1.82, 2.24) is 14.8 Å². The number of hydrogen-bond donors (Lipinski definition) is 1. The number of carbonyl (C=O) groups is 1. The molecule has 3 aromatic rings. The van der Waals surface area contributed by atoms with Crippen LogP contribution in [0.15, 0.2) is 34.9 Å². The molecular weight excluding hydrogens is 364 g/mol. The summed E-state index contributed by atoms with van der Waals surface area (Å²) in [6.45, 7) is 0.262. The van der Waals surface area contributed by atoms with Gasteiger partial charge in [0.25, 0.3) is 0 Å². The molecule has 1 saturated carbocycles. The largest absolute Gasteiger partial charge is 0.338 e. The van der Waals surface area contributed by atoms with Gasteiger partial charge in [-0.2, -0.15) is 0 Å². The molecule has 0 unspecified atom stereocenters. The number of rotatable bonds is 4. The van der Waals surface area contributed by atoms with Crippen LogP contribution < -0.4 is 5.32 Å². The first kappa shape index (κ1) is 13.9. The lowest BCUT2D eigenvalue weighted by Crippen LogP contribution is -2.18. The Morgan fingerprint density at radius 3 is 3.05 bits per heavy atom. The molecular formula is C15H13BrN4OS. The monoisotopic (exact) mass is 376 g/mol. The third-order valence-corrected chi connectivity index (χ3v) is 5.16. The van der Waals surface area contributed by atoms with Crippen molar-refractivity contribution in [2.45, 2.75) is 25.3 Å². The van der Waals surface area contributed by atoms with Crippen molar-refractivity contribution < 1.29 is 4.79 Å². The Morgan fingerprint density at radius 2 is 2.23 bits per heavy atom. The summed E-state index contributed by atoms with van der Waals surface area (Å²) in [5.74, 6) is 0.477. The summed E-state index contributed by atoms with van der Waals surface area (Å²) < 4.78 is 2.93. The topological polar surface area (TPSA) is 59.8 Å². The van der Waals surface area contributed by atoms with Crippen LogP contribution in [0.4, 0.5) is 5.13 Å². The minimum Gasteiger partial charge on any atom is -0.338 e. The van der Waals surface area contributed by atoms with Gasteiger partial charge in [0.05, 0.1) is 0 Å². The molecule has 1 aromatic carbocycles. The lowest BCUT2D eigenvalue weighted by atomic mass is 10.2. The highest BCUT2D eigenvalue weighted by Crippen LogP contribution is 2.42. The highest BCUT2D eigenvalue weighted by molar-refractivity contribution is 9.10. The van der Waals surface area contributed by atoms with Gasteiger partial charge in [-0.1, -0.05) is 33.3 Å². The van der Waals surface area contributed by atoms with E-state index in [2.05, 4.69) is 31.4 Å². The molecule has 5 nitrogen and oxygen atoms in total. The quantitative estimate of drug-likeness (QED) is 0.753. The standard InChI is InChI=1S/C15H13BrN4OS/c16-11-4-3-9-5-6-20(12(9)7-11)8-13(21)17-15-19-18-14(22-15)10-1-2-10/h3-7,10H,1-2,8H2,(H,17,19,21). The molecule has 0 atom stereocenters. The number of nitrogens with one attached hydrogen (secondary N) is 1. The summed E-state index contributed by atoms with van der Waals surface area (Å²) in [6, 6.07) is 8.04. The van der Waals surface area contributed by atoms with E-state index in [1.165, 1.54) is 24.2 Å². The van der Waals surface area contributed by atoms with Crippen molar-refractivity contribution in [2.24, 2.45) is 0 Å². The zero-order valence-electron chi connectivity index (χ0n) is 11.6. The van der Waals surface area contributed by atoms with Crippen LogP contribution in [0.25, 0.3) is 10.9 Å². The highest BCUT2D eigenvalue weighted by atomic mass is 79.9. The lowest BCUT2D eigenvalue weighted by Gasteiger charge is -2.05. The number of fused-ring (bicyclic) bond motifs is 1. The number of carbonyl (C=O) groups excluding carboxylic acids is 1. The predicted molar refractivity (Wildman–Crippen MR) is 90.2 cm³/mol. The van der Waals surface area contributed by atoms with Gasteiger partial charge in [0.1, 0.15) is 11.6 Å². The van der Waals surface area contributed by atoms with Gasteiger partial charge in [0.15, 0.2) is 0 Å². The number of aromatic nitrogens is 3. The van der Waals surface area contributed by atoms with Gasteiger partial charge in [-0.3, -0.25) is 10.1 Å². The van der Waals surface area contributed by atoms with Crippen LogP contribution in [0.1, 0.15) is 23.8 Å². The van der Waals surface area contributed by atoms with Crippen molar-refractivity contribution in [1.29, 1.82) is 0 Å². The average Bonchev–Trinajstić information content (AvgIpc) is 3.13. The van der Waals surface area contributed by atoms with Crippen LogP contribution in [0.2, 0.25) is 0 Å². The molecule has 7 heteroatoms. The second-order valence-corrected chi connectivity index (χ2v) is 7.34. The zero-order valence-corrected chi connectivity index (χ0v) is 14.0. The van der Waals surface area contributed by atoms with Gasteiger partial charge in [-0.25, -0.2) is 0 Å². The summed E-state index contributed by atoms with van der Waals surface area (Å²) in [5.41, 5.74) is 1.03. The maximum absolute atomic E-state index is 12.2. The van der Waals surface area contributed by atoms with Crippen LogP contribution in [-0.4, -0.2) is 20.7 Å². The zero-order chi connectivity index (χ0) is 15.1. The van der Waals surface area contributed by atoms with Gasteiger partial charge >= 0.3 is 0 Å². The van der Waals surface area contributed by atoms with Crippen molar-refractivity contribution in [3.63, 3.8) is 0 Å². The number of anilines is 1. The van der Waals surface area contributed by atoms with Gasteiger partial charge in [-0.15, -0.1) is 10.2 Å². The highest BCUT2D eigenvalue weighted by Gasteiger charge is 2.27. The molecule has 0 radical (unpaired) electrons. The van der Waals surface area contributed by atoms with Crippen LogP contribution in [0, 0.1) is 0 Å². The van der Waals surface area contributed by atoms with Gasteiger partial charge in [0.2, 0.25) is 11.0 Å². The second kappa shape index (κ2) is 5.48. The maximum Gasteiger partial charge on any atom is 0.246 e. The molecule has 1 aliphatic rings. The molecule has 0 spiro atoms. The van der Waals surface area contributed by atoms with E-state index in [0.717, 1.165) is 20.4 Å². The van der Waals surface area contributed by atoms with Crippen molar-refractivity contribution in [2.75, 3.05) is 5.32 Å². The Morgan fingerprint density at radius 1 is 1.36 bits per heavy atom. The maximum atomic E-state index is 12.2. The first-order valence-corrected chi connectivity index (χ1v) is 8.67. The molecule has 22 heavy (non-hydrogen) atoms. The van der Waals surface area contributed by atoms with Crippen molar-refractivity contribution in [3.8, 4) is 0 Å². The normalized spacial score (nSPS) is 14.4. The Balaban J connectivity index is 1.49. The average molecular weight is 377 g/mol. The molecule has 1 fully saturated rings. The van der Waals surface area contributed by atoms with Crippen molar-refractivity contribution >= 4 is 49.2 Å². The van der Waals surface area contributed by atoms with Gasteiger partial charge < -0.3 is 4.57 Å². The summed E-state index contributed by atoms with van der Waals surface area (Å²) in [6.07, 6.45) is 4.30. The molecule has 1 N–H and O–H groups in total. The molecule has 2 aromatic heterocycles. The predicted octanol–water partition coefficient (Wildman–Crippen LogP) is 3.77. The van der Waals surface area contributed by atoms with E-state index in [1.807, 2.05) is 35.0 Å². The number of halogens is 1. The molecule has 0 bridgehead atoms. The summed E-state index contributed by atoms with van der Waals surface area (Å²) >= 11 is 4.94. The molecule has 1 aliphatic carbocycles. The van der Waals surface area contributed by atoms with E-state index in [4.69, 9.17) is 0 Å². The third kappa shape index (κ3) is 2.78. The number of nitrogens with zero attached hydrogens (tertiary/aromatic N) is 3. The minimum atomic E-state index is -0.0871. The van der Waals surface area contributed by atoms with Crippen LogP contribution in [-0.2, 0) is 11.3 Å². The first-order valence-electron chi connectivity index (χ1n) is 7.07. The van der Waals surface area contributed by atoms with Crippen LogP contribution in [0.3, 0.4) is 0 Å². The Kier molecular flexibility index (Phi) is 3.46. The Bertz CT molecular complexity index is 852. The lowest BCUT2D eigenvalue weighted by molar-refractivity contribution is -0.116. The fourth-order valence-corrected chi connectivity index (χ4v) is 3.67. The number of amides is 1.